The van der Waals surface area contributed by atoms with Gasteiger partial charge in [-0.3, -0.25) is 0 Å². The van der Waals surface area contributed by atoms with Gasteiger partial charge in [-0.1, -0.05) is 6.42 Å². The molecule has 2 fully saturated rings. The third-order valence-corrected chi connectivity index (χ3v) is 3.11. The molecule has 2 nitrogen and oxygen atoms in total. The van der Waals surface area contributed by atoms with Gasteiger partial charge in [-0.15, -0.1) is 0 Å². The fraction of sp³-hybridized carbons (Fsp3) is 1.00. The minimum atomic E-state index is 0.396. The predicted octanol–water partition coefficient (Wildman–Crippen LogP) is 0.853. The zero-order valence-electron chi connectivity index (χ0n) is 7.00. The summed E-state index contributed by atoms with van der Waals surface area (Å²) in [5.41, 5.74) is 0. The summed E-state index contributed by atoms with van der Waals surface area (Å²) in [4.78, 5) is 2.56. The third-order valence-electron chi connectivity index (χ3n) is 3.11. The van der Waals surface area contributed by atoms with Gasteiger partial charge in [0.1, 0.15) is 0 Å². The van der Waals surface area contributed by atoms with Crippen molar-refractivity contribution in [3.05, 3.63) is 0 Å². The monoisotopic (exact) mass is 155 g/mol. The van der Waals surface area contributed by atoms with Crippen molar-refractivity contribution in [2.24, 2.45) is 5.92 Å². The Morgan fingerprint density at radius 1 is 1.36 bits per heavy atom. The van der Waals surface area contributed by atoms with E-state index in [1.54, 1.807) is 0 Å². The molecule has 1 N–H and O–H groups in total. The number of rotatable bonds is 1. The zero-order chi connectivity index (χ0) is 7.68. The van der Waals surface area contributed by atoms with Crippen LogP contribution in [0.5, 0.6) is 0 Å². The lowest BCUT2D eigenvalue weighted by Crippen LogP contribution is -2.34. The van der Waals surface area contributed by atoms with E-state index in [0.717, 1.165) is 12.6 Å². The van der Waals surface area contributed by atoms with E-state index in [-0.39, 0.29) is 0 Å². The maximum Gasteiger partial charge on any atom is 0.0472 e. The Morgan fingerprint density at radius 2 is 2.27 bits per heavy atom. The highest BCUT2D eigenvalue weighted by Crippen LogP contribution is 2.29. The largest absolute Gasteiger partial charge is 0.396 e. The average molecular weight is 155 g/mol. The first-order chi connectivity index (χ1) is 5.40. The van der Waals surface area contributed by atoms with Crippen molar-refractivity contribution in [3.63, 3.8) is 0 Å². The van der Waals surface area contributed by atoms with Crippen LogP contribution in [0.25, 0.3) is 0 Å². The predicted molar refractivity (Wildman–Crippen MR) is 44.4 cm³/mol. The van der Waals surface area contributed by atoms with Crippen molar-refractivity contribution in [1.29, 1.82) is 0 Å². The summed E-state index contributed by atoms with van der Waals surface area (Å²) >= 11 is 0. The molecule has 2 atom stereocenters. The van der Waals surface area contributed by atoms with Gasteiger partial charge < -0.3 is 10.0 Å². The quantitative estimate of drug-likeness (QED) is 0.607. The molecule has 0 aromatic rings. The Hall–Kier alpha value is -0.0800. The molecule has 0 spiro atoms. The van der Waals surface area contributed by atoms with Crippen LogP contribution in [-0.2, 0) is 0 Å². The lowest BCUT2D eigenvalue weighted by Gasteiger charge is -2.28. The van der Waals surface area contributed by atoms with Crippen molar-refractivity contribution in [1.82, 2.24) is 4.90 Å². The summed E-state index contributed by atoms with van der Waals surface area (Å²) in [6, 6.07) is 0.820. The van der Waals surface area contributed by atoms with Crippen LogP contribution in [0.1, 0.15) is 25.7 Å². The molecule has 0 saturated carbocycles. The molecule has 2 aliphatic heterocycles. The molecule has 2 aliphatic rings. The lowest BCUT2D eigenvalue weighted by molar-refractivity contribution is 0.189. The molecule has 11 heavy (non-hydrogen) atoms. The van der Waals surface area contributed by atoms with Crippen LogP contribution in [0.2, 0.25) is 0 Å². The van der Waals surface area contributed by atoms with Crippen LogP contribution in [0, 0.1) is 5.92 Å². The van der Waals surface area contributed by atoms with Crippen molar-refractivity contribution in [2.45, 2.75) is 31.7 Å². The van der Waals surface area contributed by atoms with Gasteiger partial charge in [0.2, 0.25) is 0 Å². The van der Waals surface area contributed by atoms with Crippen molar-refractivity contribution in [3.8, 4) is 0 Å². The van der Waals surface area contributed by atoms with Gasteiger partial charge >= 0.3 is 0 Å². The molecule has 0 aromatic heterocycles. The molecule has 0 unspecified atom stereocenters. The molecular weight excluding hydrogens is 138 g/mol. The second kappa shape index (κ2) is 3.11. The third kappa shape index (κ3) is 1.42. The molecular formula is C9H17NO. The Balaban J connectivity index is 1.92. The zero-order valence-corrected chi connectivity index (χ0v) is 7.00. The smallest absolute Gasteiger partial charge is 0.0472 e. The number of aliphatic hydroxyl groups excluding tert-OH is 1. The van der Waals surface area contributed by atoms with Gasteiger partial charge in [0.15, 0.2) is 0 Å². The summed E-state index contributed by atoms with van der Waals surface area (Å²) in [5.74, 6) is 0.582. The van der Waals surface area contributed by atoms with E-state index in [1.807, 2.05) is 0 Å². The van der Waals surface area contributed by atoms with E-state index in [2.05, 4.69) is 4.90 Å². The van der Waals surface area contributed by atoms with E-state index in [9.17, 15) is 0 Å². The molecule has 0 amide bonds. The van der Waals surface area contributed by atoms with Crippen LogP contribution in [0.4, 0.5) is 0 Å². The molecule has 2 rings (SSSR count). The first kappa shape index (κ1) is 7.56. The number of hydrogen-bond donors (Lipinski definition) is 1. The fourth-order valence-electron chi connectivity index (χ4n) is 2.49. The SMILES string of the molecule is OC[C@H]1C[C@H]2CCCCN2C1. The highest BCUT2D eigenvalue weighted by molar-refractivity contribution is 4.87. The van der Waals surface area contributed by atoms with E-state index in [4.69, 9.17) is 5.11 Å². The Morgan fingerprint density at radius 3 is 3.00 bits per heavy atom. The van der Waals surface area contributed by atoms with Gasteiger partial charge in [-0.25, -0.2) is 0 Å². The van der Waals surface area contributed by atoms with Crippen LogP contribution in [-0.4, -0.2) is 35.7 Å². The van der Waals surface area contributed by atoms with Gasteiger partial charge in [0.25, 0.3) is 0 Å². The molecule has 64 valence electrons. The number of aliphatic hydroxyl groups is 1. The van der Waals surface area contributed by atoms with Crippen LogP contribution in [0.15, 0.2) is 0 Å². The standard InChI is InChI=1S/C9H17NO/c11-7-8-5-9-3-1-2-4-10(9)6-8/h8-9,11H,1-7H2/t8-,9+/m0/s1. The summed E-state index contributed by atoms with van der Waals surface area (Å²) in [7, 11) is 0. The van der Waals surface area contributed by atoms with Gasteiger partial charge in [0, 0.05) is 19.2 Å². The summed E-state index contributed by atoms with van der Waals surface area (Å²) in [5, 5.41) is 8.99. The number of nitrogens with zero attached hydrogens (tertiary/aromatic N) is 1. The first-order valence-electron chi connectivity index (χ1n) is 4.75. The summed E-state index contributed by atoms with van der Waals surface area (Å²) in [6.45, 7) is 2.83. The van der Waals surface area contributed by atoms with E-state index in [0.29, 0.717) is 12.5 Å². The number of hydrogen-bond acceptors (Lipinski definition) is 2. The highest BCUT2D eigenvalue weighted by Gasteiger charge is 2.32. The minimum Gasteiger partial charge on any atom is -0.396 e. The maximum atomic E-state index is 8.99. The molecule has 2 heterocycles. The lowest BCUT2D eigenvalue weighted by atomic mass is 10.0. The van der Waals surface area contributed by atoms with Gasteiger partial charge in [-0.2, -0.15) is 0 Å². The van der Waals surface area contributed by atoms with Crippen LogP contribution in [0.3, 0.4) is 0 Å². The minimum absolute atomic E-state index is 0.396. The Kier molecular flexibility index (Phi) is 2.14. The summed E-state index contributed by atoms with van der Waals surface area (Å²) in [6.07, 6.45) is 5.39. The summed E-state index contributed by atoms with van der Waals surface area (Å²) < 4.78 is 0. The average Bonchev–Trinajstić information content (AvgIpc) is 2.46. The normalized spacial score (nSPS) is 39.0. The maximum absolute atomic E-state index is 8.99. The van der Waals surface area contributed by atoms with Crippen molar-refractivity contribution >= 4 is 0 Å². The van der Waals surface area contributed by atoms with Crippen molar-refractivity contribution < 1.29 is 5.11 Å². The molecule has 0 aliphatic carbocycles. The number of piperidine rings is 1. The number of fused-ring (bicyclic) bond motifs is 1. The van der Waals surface area contributed by atoms with Crippen LogP contribution >= 0.6 is 0 Å². The second-order valence-electron chi connectivity index (χ2n) is 3.93. The van der Waals surface area contributed by atoms with Gasteiger partial charge in [0.05, 0.1) is 0 Å². The first-order valence-corrected chi connectivity index (χ1v) is 4.75. The van der Waals surface area contributed by atoms with Gasteiger partial charge in [-0.05, 0) is 31.7 Å². The molecule has 0 bridgehead atoms. The van der Waals surface area contributed by atoms with E-state index in [1.165, 1.54) is 32.2 Å². The molecule has 0 aromatic carbocycles. The Bertz CT molecular complexity index is 124. The molecule has 2 saturated heterocycles. The topological polar surface area (TPSA) is 23.5 Å². The van der Waals surface area contributed by atoms with Crippen LogP contribution < -0.4 is 0 Å². The van der Waals surface area contributed by atoms with E-state index < -0.39 is 0 Å². The second-order valence-corrected chi connectivity index (χ2v) is 3.93. The highest BCUT2D eigenvalue weighted by atomic mass is 16.3. The van der Waals surface area contributed by atoms with E-state index >= 15 is 0 Å². The fourth-order valence-corrected chi connectivity index (χ4v) is 2.49. The molecule has 0 radical (unpaired) electrons. The Labute approximate surface area is 68.2 Å². The van der Waals surface area contributed by atoms with Crippen molar-refractivity contribution in [2.75, 3.05) is 19.7 Å². The molecule has 2 heteroatoms.